The van der Waals surface area contributed by atoms with E-state index < -0.39 is 0 Å². The third-order valence-electron chi connectivity index (χ3n) is 5.27. The van der Waals surface area contributed by atoms with Crippen molar-refractivity contribution in [1.82, 2.24) is 4.57 Å². The van der Waals surface area contributed by atoms with Crippen molar-refractivity contribution in [2.45, 2.75) is 46.1 Å². The molecule has 1 atom stereocenters. The average molecular weight is 386 g/mol. The van der Waals surface area contributed by atoms with Crippen molar-refractivity contribution in [3.8, 4) is 6.07 Å². The maximum Gasteiger partial charge on any atom is 0.256 e. The number of aryl methyl sites for hydroxylation is 2. The van der Waals surface area contributed by atoms with Gasteiger partial charge in [0.05, 0.1) is 11.6 Å². The van der Waals surface area contributed by atoms with Gasteiger partial charge in [0.2, 0.25) is 0 Å². The summed E-state index contributed by atoms with van der Waals surface area (Å²) in [5.74, 6) is 0.352. The molecule has 1 amide bonds. The maximum atomic E-state index is 13.0. The first-order valence-corrected chi connectivity index (χ1v) is 10.1. The zero-order valence-corrected chi connectivity index (χ0v) is 17.3. The molecule has 0 aliphatic carbocycles. The van der Waals surface area contributed by atoms with Gasteiger partial charge in [0, 0.05) is 11.8 Å². The molecule has 0 fully saturated rings. The number of amides is 1. The summed E-state index contributed by atoms with van der Waals surface area (Å²) in [4.78, 5) is 13.0. The lowest BCUT2D eigenvalue weighted by atomic mass is 10.1. The molecule has 29 heavy (non-hydrogen) atoms. The molecule has 0 saturated heterocycles. The number of carbonyl (C=O) groups is 1. The number of rotatable bonds is 7. The highest BCUT2D eigenvalue weighted by atomic mass is 16.1. The number of unbranched alkanes of at least 4 members (excludes halogenated alkanes) is 1. The summed E-state index contributed by atoms with van der Waals surface area (Å²) < 4.78 is 1.97. The van der Waals surface area contributed by atoms with Gasteiger partial charge in [0.15, 0.2) is 0 Å². The van der Waals surface area contributed by atoms with Crippen LogP contribution in [-0.4, -0.2) is 10.5 Å². The van der Waals surface area contributed by atoms with E-state index >= 15 is 0 Å². The third kappa shape index (κ3) is 4.57. The van der Waals surface area contributed by atoms with Gasteiger partial charge < -0.3 is 9.88 Å². The summed E-state index contributed by atoms with van der Waals surface area (Å²) in [7, 11) is 0. The number of nitrogens with zero attached hydrogens (tertiary/aromatic N) is 2. The Morgan fingerprint density at radius 2 is 1.93 bits per heavy atom. The molecular weight excluding hydrogens is 358 g/mol. The Kier molecular flexibility index (Phi) is 6.51. The van der Waals surface area contributed by atoms with Crippen LogP contribution in [0.4, 0.5) is 5.82 Å². The molecule has 0 aliphatic heterocycles. The van der Waals surface area contributed by atoms with Crippen LogP contribution in [0, 0.1) is 18.3 Å². The van der Waals surface area contributed by atoms with E-state index in [0.717, 1.165) is 36.0 Å². The summed E-state index contributed by atoms with van der Waals surface area (Å²) in [5.41, 5.74) is 4.24. The van der Waals surface area contributed by atoms with E-state index in [9.17, 15) is 10.1 Å². The highest BCUT2D eigenvalue weighted by Gasteiger charge is 2.20. The van der Waals surface area contributed by atoms with Crippen molar-refractivity contribution in [2.75, 3.05) is 5.32 Å². The number of aromatic nitrogens is 1. The molecule has 1 heterocycles. The topological polar surface area (TPSA) is 57.8 Å². The Labute approximate surface area is 172 Å². The van der Waals surface area contributed by atoms with Crippen molar-refractivity contribution >= 4 is 11.7 Å². The largest absolute Gasteiger partial charge is 0.326 e. The summed E-state index contributed by atoms with van der Waals surface area (Å²) in [6, 6.07) is 20.0. The van der Waals surface area contributed by atoms with Crippen molar-refractivity contribution in [3.63, 3.8) is 0 Å². The van der Waals surface area contributed by atoms with Gasteiger partial charge in [-0.1, -0.05) is 55.8 Å². The Morgan fingerprint density at radius 1 is 1.17 bits per heavy atom. The fraction of sp³-hybridized carbons (Fsp3) is 0.280. The van der Waals surface area contributed by atoms with Gasteiger partial charge in [-0.3, -0.25) is 4.79 Å². The number of hydrogen-bond donors (Lipinski definition) is 1. The first kappa shape index (κ1) is 20.4. The van der Waals surface area contributed by atoms with Crippen LogP contribution in [-0.2, 0) is 6.42 Å². The summed E-state index contributed by atoms with van der Waals surface area (Å²) >= 11 is 0. The molecule has 0 radical (unpaired) electrons. The number of hydrogen-bond acceptors (Lipinski definition) is 2. The number of nitrogens with one attached hydrogen (secondary N) is 1. The van der Waals surface area contributed by atoms with E-state index in [1.807, 2.05) is 54.1 Å². The van der Waals surface area contributed by atoms with Crippen LogP contribution >= 0.6 is 0 Å². The molecule has 3 rings (SSSR count). The molecule has 0 spiro atoms. The van der Waals surface area contributed by atoms with Crippen LogP contribution in [0.5, 0.6) is 0 Å². The van der Waals surface area contributed by atoms with E-state index in [0.29, 0.717) is 16.9 Å². The highest BCUT2D eigenvalue weighted by molar-refractivity contribution is 6.04. The number of benzene rings is 2. The van der Waals surface area contributed by atoms with Crippen molar-refractivity contribution in [2.24, 2.45) is 0 Å². The molecule has 2 aromatic carbocycles. The van der Waals surface area contributed by atoms with E-state index in [1.54, 1.807) is 0 Å². The van der Waals surface area contributed by atoms with Crippen LogP contribution in [0.1, 0.15) is 65.3 Å². The molecule has 3 aromatic rings. The van der Waals surface area contributed by atoms with E-state index in [4.69, 9.17) is 0 Å². The van der Waals surface area contributed by atoms with Gasteiger partial charge in [-0.15, -0.1) is 0 Å². The maximum absolute atomic E-state index is 13.0. The Balaban J connectivity index is 1.92. The fourth-order valence-corrected chi connectivity index (χ4v) is 3.55. The van der Waals surface area contributed by atoms with Crippen LogP contribution < -0.4 is 5.32 Å². The number of anilines is 1. The van der Waals surface area contributed by atoms with E-state index in [2.05, 4.69) is 43.4 Å². The predicted octanol–water partition coefficient (Wildman–Crippen LogP) is 5.87. The molecule has 1 N–H and O–H groups in total. The first-order chi connectivity index (χ1) is 14.0. The minimum absolute atomic E-state index is 0.0109. The lowest BCUT2D eigenvalue weighted by Gasteiger charge is -2.19. The summed E-state index contributed by atoms with van der Waals surface area (Å²) in [5, 5.41) is 12.7. The Morgan fingerprint density at radius 3 is 2.62 bits per heavy atom. The van der Waals surface area contributed by atoms with Gasteiger partial charge in [0.25, 0.3) is 5.91 Å². The Hall–Kier alpha value is -3.32. The van der Waals surface area contributed by atoms with Gasteiger partial charge in [-0.25, -0.2) is 0 Å². The van der Waals surface area contributed by atoms with Gasteiger partial charge in [-0.05, 0) is 55.5 Å². The third-order valence-corrected chi connectivity index (χ3v) is 5.27. The lowest BCUT2D eigenvalue weighted by Crippen LogP contribution is -2.18. The Bertz CT molecular complexity index is 1030. The smallest absolute Gasteiger partial charge is 0.256 e. The standard InChI is InChI=1S/C25H27N3O/c1-4-5-10-20-11-9-14-22(15-20)25(29)27-24-23(16-26)18(2)17-28(24)19(3)21-12-7-6-8-13-21/h6-9,11-15,17,19H,4-5,10H2,1-3H3,(H,27,29). The molecule has 4 nitrogen and oxygen atoms in total. The highest BCUT2D eigenvalue weighted by Crippen LogP contribution is 2.29. The summed E-state index contributed by atoms with van der Waals surface area (Å²) in [6.07, 6.45) is 5.11. The molecular formula is C25H27N3O. The van der Waals surface area contributed by atoms with E-state index in [-0.39, 0.29) is 11.9 Å². The SMILES string of the molecule is CCCCc1cccc(C(=O)Nc2c(C#N)c(C)cn2C(C)c2ccccc2)c1. The van der Waals surface area contributed by atoms with E-state index in [1.165, 1.54) is 0 Å². The zero-order chi connectivity index (χ0) is 20.8. The molecule has 1 aromatic heterocycles. The van der Waals surface area contributed by atoms with Crippen LogP contribution in [0.2, 0.25) is 0 Å². The van der Waals surface area contributed by atoms with Crippen LogP contribution in [0.15, 0.2) is 60.8 Å². The quantitative estimate of drug-likeness (QED) is 0.553. The molecule has 0 saturated carbocycles. The second-order valence-electron chi connectivity index (χ2n) is 7.40. The second kappa shape index (κ2) is 9.25. The molecule has 148 valence electrons. The fourth-order valence-electron chi connectivity index (χ4n) is 3.55. The molecule has 0 aliphatic rings. The molecule has 0 bridgehead atoms. The van der Waals surface area contributed by atoms with Crippen molar-refractivity contribution in [3.05, 3.63) is 88.6 Å². The normalized spacial score (nSPS) is 11.7. The van der Waals surface area contributed by atoms with Crippen molar-refractivity contribution in [1.29, 1.82) is 5.26 Å². The van der Waals surface area contributed by atoms with Gasteiger partial charge in [-0.2, -0.15) is 5.26 Å². The van der Waals surface area contributed by atoms with Crippen molar-refractivity contribution < 1.29 is 4.79 Å². The lowest BCUT2D eigenvalue weighted by molar-refractivity contribution is 0.102. The number of nitriles is 1. The predicted molar refractivity (Wildman–Crippen MR) is 117 cm³/mol. The van der Waals surface area contributed by atoms with Crippen LogP contribution in [0.25, 0.3) is 0 Å². The minimum Gasteiger partial charge on any atom is -0.326 e. The molecule has 1 unspecified atom stereocenters. The average Bonchev–Trinajstić information content (AvgIpc) is 3.07. The second-order valence-corrected chi connectivity index (χ2v) is 7.40. The summed E-state index contributed by atoms with van der Waals surface area (Å²) in [6.45, 7) is 6.12. The minimum atomic E-state index is -0.195. The number of carbonyl (C=O) groups excluding carboxylic acids is 1. The van der Waals surface area contributed by atoms with Gasteiger partial charge in [0.1, 0.15) is 11.9 Å². The zero-order valence-electron chi connectivity index (χ0n) is 17.3. The molecule has 4 heteroatoms. The van der Waals surface area contributed by atoms with Crippen LogP contribution in [0.3, 0.4) is 0 Å². The monoisotopic (exact) mass is 385 g/mol. The first-order valence-electron chi connectivity index (χ1n) is 10.1. The van der Waals surface area contributed by atoms with Gasteiger partial charge >= 0.3 is 0 Å².